The van der Waals surface area contributed by atoms with Crippen LogP contribution >= 0.6 is 11.6 Å². The number of allylic oxidation sites excluding steroid dienone is 1. The smallest absolute Gasteiger partial charge is 0.264 e. The maximum atomic E-state index is 13.8. The molecule has 1 spiro atoms. The summed E-state index contributed by atoms with van der Waals surface area (Å²) in [6, 6.07) is 11.4. The van der Waals surface area contributed by atoms with Crippen molar-refractivity contribution in [3.8, 4) is 5.75 Å². The number of nitrogens with one attached hydrogen (secondary N) is 1. The first kappa shape index (κ1) is 35.3. The molecule has 2 amide bonds. The Labute approximate surface area is 301 Å². The van der Waals surface area contributed by atoms with Crippen LogP contribution in [0.2, 0.25) is 5.02 Å². The number of aryl methyl sites for hydroxylation is 1. The second-order valence-electron chi connectivity index (χ2n) is 15.5. The molecule has 5 aliphatic rings. The highest BCUT2D eigenvalue weighted by molar-refractivity contribution is 7.90. The van der Waals surface area contributed by atoms with Crippen molar-refractivity contribution in [3.63, 3.8) is 0 Å². The highest BCUT2D eigenvalue weighted by atomic mass is 35.5. The fourth-order valence-electron chi connectivity index (χ4n) is 9.15. The van der Waals surface area contributed by atoms with Gasteiger partial charge in [0.2, 0.25) is 15.9 Å². The molecule has 6 atom stereocenters. The molecule has 270 valence electrons. The molecule has 2 aromatic rings. The molecule has 1 N–H and O–H groups in total. The predicted molar refractivity (Wildman–Crippen MR) is 195 cm³/mol. The Bertz CT molecular complexity index is 1780. The third kappa shape index (κ3) is 6.56. The largest absolute Gasteiger partial charge is 0.490 e. The molecule has 3 aliphatic heterocycles. The van der Waals surface area contributed by atoms with Crippen LogP contribution in [0.4, 0.5) is 5.69 Å². The lowest BCUT2D eigenvalue weighted by atomic mass is 9.62. The number of hydrogen-bond acceptors (Lipinski definition) is 7. The van der Waals surface area contributed by atoms with Crippen LogP contribution in [0, 0.1) is 17.8 Å². The average molecular weight is 724 g/mol. The van der Waals surface area contributed by atoms with Crippen LogP contribution in [0.1, 0.15) is 86.7 Å². The number of rotatable bonds is 3. The van der Waals surface area contributed by atoms with Gasteiger partial charge in [0.15, 0.2) is 0 Å². The van der Waals surface area contributed by atoms with Gasteiger partial charge in [-0.1, -0.05) is 36.7 Å². The van der Waals surface area contributed by atoms with Gasteiger partial charge in [-0.25, -0.2) is 13.1 Å². The van der Waals surface area contributed by atoms with Crippen molar-refractivity contribution in [1.82, 2.24) is 9.62 Å². The van der Waals surface area contributed by atoms with E-state index in [4.69, 9.17) is 21.1 Å². The molecule has 7 rings (SSSR count). The second-order valence-corrected chi connectivity index (χ2v) is 17.9. The molecule has 2 aliphatic carbocycles. The molecule has 11 heteroatoms. The average Bonchev–Trinajstić information content (AvgIpc) is 3.58. The molecular weight excluding hydrogens is 674 g/mol. The van der Waals surface area contributed by atoms with Gasteiger partial charge >= 0.3 is 0 Å². The Morgan fingerprint density at radius 1 is 1.10 bits per heavy atom. The lowest BCUT2D eigenvalue weighted by Gasteiger charge is -2.50. The van der Waals surface area contributed by atoms with Gasteiger partial charge in [-0.05, 0) is 118 Å². The number of amides is 2. The van der Waals surface area contributed by atoms with Crippen molar-refractivity contribution in [1.29, 1.82) is 0 Å². The van der Waals surface area contributed by atoms with Gasteiger partial charge in [-0.3, -0.25) is 9.59 Å². The van der Waals surface area contributed by atoms with Crippen LogP contribution in [-0.4, -0.2) is 75.9 Å². The van der Waals surface area contributed by atoms with Crippen molar-refractivity contribution in [2.75, 3.05) is 44.8 Å². The van der Waals surface area contributed by atoms with Crippen molar-refractivity contribution in [2.45, 2.75) is 87.9 Å². The summed E-state index contributed by atoms with van der Waals surface area (Å²) in [6.07, 6.45) is 11.6. The van der Waals surface area contributed by atoms with Crippen LogP contribution in [0.25, 0.3) is 0 Å². The summed E-state index contributed by atoms with van der Waals surface area (Å²) in [6.45, 7) is 6.89. The first-order valence-corrected chi connectivity index (χ1v) is 20.2. The summed E-state index contributed by atoms with van der Waals surface area (Å²) < 4.78 is 42.5. The summed E-state index contributed by atoms with van der Waals surface area (Å²) in [5, 5.41) is -0.105. The van der Waals surface area contributed by atoms with Gasteiger partial charge in [-0.15, -0.1) is 0 Å². The number of halogens is 1. The number of ether oxygens (including phenoxy) is 2. The van der Waals surface area contributed by atoms with Gasteiger partial charge in [0.1, 0.15) is 5.75 Å². The predicted octanol–water partition coefficient (Wildman–Crippen LogP) is 6.28. The minimum absolute atomic E-state index is 0.0761. The summed E-state index contributed by atoms with van der Waals surface area (Å²) in [4.78, 5) is 31.7. The van der Waals surface area contributed by atoms with Crippen molar-refractivity contribution in [2.24, 2.45) is 17.8 Å². The number of hydrogen-bond donors (Lipinski definition) is 1. The summed E-state index contributed by atoms with van der Waals surface area (Å²) in [7, 11) is -2.28. The quantitative estimate of drug-likeness (QED) is 0.372. The van der Waals surface area contributed by atoms with Crippen molar-refractivity contribution >= 4 is 39.1 Å². The first-order chi connectivity index (χ1) is 23.9. The molecule has 0 unspecified atom stereocenters. The maximum Gasteiger partial charge on any atom is 0.264 e. The zero-order valence-corrected chi connectivity index (χ0v) is 31.0. The molecular formula is C39H50ClN3O6S. The van der Waals surface area contributed by atoms with Crippen molar-refractivity contribution in [3.05, 3.63) is 70.3 Å². The van der Waals surface area contributed by atoms with Gasteiger partial charge < -0.3 is 19.3 Å². The molecule has 2 aromatic carbocycles. The van der Waals surface area contributed by atoms with Gasteiger partial charge in [0.25, 0.3) is 5.91 Å². The molecule has 9 nitrogen and oxygen atoms in total. The van der Waals surface area contributed by atoms with E-state index in [2.05, 4.69) is 27.8 Å². The highest BCUT2D eigenvalue weighted by Crippen LogP contribution is 2.50. The Morgan fingerprint density at radius 2 is 1.90 bits per heavy atom. The van der Waals surface area contributed by atoms with Gasteiger partial charge in [0.05, 0.1) is 29.6 Å². The van der Waals surface area contributed by atoms with E-state index in [9.17, 15) is 18.0 Å². The lowest BCUT2D eigenvalue weighted by molar-refractivity contribution is -0.141. The summed E-state index contributed by atoms with van der Waals surface area (Å²) in [5.74, 6) is 0.132. The number of carbonyl (C=O) groups excluding carboxylic acids is 2. The molecule has 3 heterocycles. The zero-order chi connectivity index (χ0) is 35.3. The number of carbonyl (C=O) groups is 2. The van der Waals surface area contributed by atoms with E-state index in [-0.39, 0.29) is 41.1 Å². The number of fused-ring (bicyclic) bond motifs is 4. The van der Waals surface area contributed by atoms with E-state index in [1.165, 1.54) is 11.1 Å². The van der Waals surface area contributed by atoms with Crippen molar-refractivity contribution < 1.29 is 27.5 Å². The zero-order valence-electron chi connectivity index (χ0n) is 29.5. The molecule has 2 bridgehead atoms. The highest BCUT2D eigenvalue weighted by Gasteiger charge is 2.50. The van der Waals surface area contributed by atoms with E-state index in [1.54, 1.807) is 32.2 Å². The Hall–Kier alpha value is -3.08. The normalized spacial score (nSPS) is 32.9. The topological polar surface area (TPSA) is 105 Å². The molecule has 2 fully saturated rings. The standard InChI is InChI=1S/C39H50ClN3O6S/c1-26-8-6-17-39(48-3,22-36(44)42-18-4-5-19-42)33-13-10-30(33)23-43-24-38(16-7-9-28-20-31(40)12-14-32(28)38)25-49-35-15-11-29(21-34(35)43)37(45)41-50(46,47)27(26)2/h6,11-12,14-15,17,20-21,26-27,30,33H,4-5,7-10,13,16,18-19,22-25H2,1-3H3,(H,41,45)/b17-6+/t26-,27+,30-,33+,38-,39+/m0/s1. The third-order valence-corrected chi connectivity index (χ3v) is 14.6. The fraction of sp³-hybridized carbons (Fsp3) is 0.590. The Kier molecular flexibility index (Phi) is 9.76. The number of sulfonamides is 1. The lowest BCUT2D eigenvalue weighted by Crippen LogP contribution is -2.54. The molecule has 1 saturated carbocycles. The number of likely N-dealkylation sites (tertiary alicyclic amines) is 1. The number of methoxy groups -OCH3 is 1. The fourth-order valence-corrected chi connectivity index (χ4v) is 10.6. The third-order valence-electron chi connectivity index (χ3n) is 12.5. The van der Waals surface area contributed by atoms with Crippen LogP contribution in [0.3, 0.4) is 0 Å². The van der Waals surface area contributed by atoms with Crippen LogP contribution in [-0.2, 0) is 31.4 Å². The molecule has 50 heavy (non-hydrogen) atoms. The minimum Gasteiger partial charge on any atom is -0.490 e. The van der Waals surface area contributed by atoms with E-state index in [0.717, 1.165) is 68.7 Å². The van der Waals surface area contributed by atoms with Crippen LogP contribution in [0.15, 0.2) is 48.6 Å². The van der Waals surface area contributed by atoms with E-state index in [1.807, 2.05) is 24.0 Å². The van der Waals surface area contributed by atoms with Gasteiger partial charge in [0, 0.05) is 49.3 Å². The Balaban J connectivity index is 1.32. The first-order valence-electron chi connectivity index (χ1n) is 18.3. The molecule has 1 saturated heterocycles. The van der Waals surface area contributed by atoms with Gasteiger partial charge in [-0.2, -0.15) is 0 Å². The summed E-state index contributed by atoms with van der Waals surface area (Å²) in [5.41, 5.74) is 2.40. The summed E-state index contributed by atoms with van der Waals surface area (Å²) >= 11 is 6.47. The number of anilines is 1. The van der Waals surface area contributed by atoms with Crippen LogP contribution in [0.5, 0.6) is 5.75 Å². The minimum atomic E-state index is -3.99. The number of benzene rings is 2. The van der Waals surface area contributed by atoms with E-state index in [0.29, 0.717) is 31.9 Å². The van der Waals surface area contributed by atoms with E-state index < -0.39 is 26.8 Å². The SMILES string of the molecule is CO[C@@]1(CC(=O)N2CCCC2)/C=C/C[C@H](C)[C@@H](C)S(=O)(=O)NC(=O)c2ccc3c(c2)N(C[C@@H]2CC[C@H]21)C[C@@]1(CCCc2cc(Cl)ccc21)CO3. The maximum absolute atomic E-state index is 13.8. The second kappa shape index (κ2) is 13.8. The molecule has 0 aromatic heterocycles. The van der Waals surface area contributed by atoms with Crippen LogP contribution < -0.4 is 14.4 Å². The molecule has 0 radical (unpaired) electrons. The van der Waals surface area contributed by atoms with E-state index >= 15 is 0 Å². The Morgan fingerprint density at radius 3 is 2.64 bits per heavy atom. The number of nitrogens with zero attached hydrogens (tertiary/aromatic N) is 2. The monoisotopic (exact) mass is 723 g/mol.